The summed E-state index contributed by atoms with van der Waals surface area (Å²) in [7, 11) is 0. The Balaban J connectivity index is 2.42. The summed E-state index contributed by atoms with van der Waals surface area (Å²) < 4.78 is 0. The standard InChI is InChI=1S/C13H13ClN2O3/c1-3-9-7(2)15-16(12(9)17)8-4-5-11(14)10(6-8)13(18)19/h4-6,9H,3H2,1-2H3,(H,18,19). The van der Waals surface area contributed by atoms with Crippen molar-refractivity contribution in [2.45, 2.75) is 20.3 Å². The normalized spacial score (nSPS) is 18.7. The van der Waals surface area contributed by atoms with Crippen LogP contribution in [0.25, 0.3) is 0 Å². The number of anilines is 1. The van der Waals surface area contributed by atoms with Gasteiger partial charge in [-0.3, -0.25) is 4.79 Å². The summed E-state index contributed by atoms with van der Waals surface area (Å²) in [6, 6.07) is 4.40. The Kier molecular flexibility index (Phi) is 3.57. The van der Waals surface area contributed by atoms with Crippen molar-refractivity contribution in [3.63, 3.8) is 0 Å². The molecule has 0 bridgehead atoms. The van der Waals surface area contributed by atoms with Crippen molar-refractivity contribution in [2.24, 2.45) is 11.0 Å². The van der Waals surface area contributed by atoms with Crippen molar-refractivity contribution < 1.29 is 14.7 Å². The van der Waals surface area contributed by atoms with Crippen LogP contribution >= 0.6 is 11.6 Å². The Morgan fingerprint density at radius 3 is 2.74 bits per heavy atom. The van der Waals surface area contributed by atoms with Crippen LogP contribution in [-0.2, 0) is 4.79 Å². The number of rotatable bonds is 3. The van der Waals surface area contributed by atoms with Crippen LogP contribution < -0.4 is 5.01 Å². The summed E-state index contributed by atoms with van der Waals surface area (Å²) in [6.07, 6.45) is 0.671. The molecule has 0 spiro atoms. The van der Waals surface area contributed by atoms with Crippen molar-refractivity contribution in [2.75, 3.05) is 5.01 Å². The zero-order chi connectivity index (χ0) is 14.2. The first kappa shape index (κ1) is 13.5. The summed E-state index contributed by atoms with van der Waals surface area (Å²) in [6.45, 7) is 3.70. The number of hydrogen-bond acceptors (Lipinski definition) is 3. The van der Waals surface area contributed by atoms with Crippen molar-refractivity contribution in [1.29, 1.82) is 0 Å². The molecule has 0 saturated heterocycles. The fraction of sp³-hybridized carbons (Fsp3) is 0.308. The quantitative estimate of drug-likeness (QED) is 0.925. The Labute approximate surface area is 115 Å². The van der Waals surface area contributed by atoms with E-state index in [2.05, 4.69) is 5.10 Å². The van der Waals surface area contributed by atoms with E-state index in [9.17, 15) is 9.59 Å². The summed E-state index contributed by atoms with van der Waals surface area (Å²) in [5, 5.41) is 14.6. The molecule has 1 unspecified atom stereocenters. The third-order valence-electron chi connectivity index (χ3n) is 3.10. The zero-order valence-electron chi connectivity index (χ0n) is 10.6. The van der Waals surface area contributed by atoms with Crippen LogP contribution in [0.15, 0.2) is 23.3 Å². The number of aromatic carboxylic acids is 1. The van der Waals surface area contributed by atoms with E-state index in [0.29, 0.717) is 12.1 Å². The number of amides is 1. The van der Waals surface area contributed by atoms with Crippen molar-refractivity contribution >= 4 is 34.9 Å². The first-order valence-corrected chi connectivity index (χ1v) is 6.25. The molecule has 1 aromatic rings. The Hall–Kier alpha value is -1.88. The molecule has 0 aliphatic carbocycles. The minimum absolute atomic E-state index is 0.0419. The van der Waals surface area contributed by atoms with Crippen LogP contribution in [0.5, 0.6) is 0 Å². The largest absolute Gasteiger partial charge is 0.478 e. The molecule has 0 saturated carbocycles. The van der Waals surface area contributed by atoms with Gasteiger partial charge in [-0.25, -0.2) is 9.80 Å². The fourth-order valence-electron chi connectivity index (χ4n) is 2.07. The van der Waals surface area contributed by atoms with Gasteiger partial charge < -0.3 is 5.11 Å². The second-order valence-corrected chi connectivity index (χ2v) is 4.73. The highest BCUT2D eigenvalue weighted by Gasteiger charge is 2.33. The van der Waals surface area contributed by atoms with E-state index in [-0.39, 0.29) is 22.4 Å². The highest BCUT2D eigenvalue weighted by molar-refractivity contribution is 6.33. The van der Waals surface area contributed by atoms with Crippen molar-refractivity contribution in [1.82, 2.24) is 0 Å². The van der Waals surface area contributed by atoms with E-state index in [4.69, 9.17) is 16.7 Å². The number of nitrogens with zero attached hydrogens (tertiary/aromatic N) is 2. The predicted molar refractivity (Wildman–Crippen MR) is 72.8 cm³/mol. The molecular weight excluding hydrogens is 268 g/mol. The number of carboxylic acid groups (broad SMARTS) is 1. The molecule has 1 amide bonds. The molecule has 6 heteroatoms. The topological polar surface area (TPSA) is 70.0 Å². The van der Waals surface area contributed by atoms with Crippen molar-refractivity contribution in [3.05, 3.63) is 28.8 Å². The number of carbonyl (C=O) groups excluding carboxylic acids is 1. The zero-order valence-corrected chi connectivity index (χ0v) is 11.3. The molecule has 1 N–H and O–H groups in total. The van der Waals surface area contributed by atoms with E-state index in [0.717, 1.165) is 5.71 Å². The molecule has 0 radical (unpaired) electrons. The first-order chi connectivity index (χ1) is 8.95. The molecule has 1 heterocycles. The number of halogens is 1. The number of benzene rings is 1. The molecular formula is C13H13ClN2O3. The lowest BCUT2D eigenvalue weighted by molar-refractivity contribution is -0.119. The second kappa shape index (κ2) is 5.01. The van der Waals surface area contributed by atoms with Gasteiger partial charge in [0.05, 0.1) is 22.2 Å². The lowest BCUT2D eigenvalue weighted by Gasteiger charge is -2.14. The average molecular weight is 281 g/mol. The maximum absolute atomic E-state index is 12.1. The van der Waals surface area contributed by atoms with Gasteiger partial charge in [0.25, 0.3) is 5.91 Å². The Bertz CT molecular complexity index is 583. The summed E-state index contributed by atoms with van der Waals surface area (Å²) in [5.74, 6) is -1.51. The van der Waals surface area contributed by atoms with Crippen LogP contribution in [0, 0.1) is 5.92 Å². The van der Waals surface area contributed by atoms with Crippen LogP contribution in [0.3, 0.4) is 0 Å². The van der Waals surface area contributed by atoms with E-state index >= 15 is 0 Å². The molecule has 1 aromatic carbocycles. The van der Waals surface area contributed by atoms with Gasteiger partial charge >= 0.3 is 5.97 Å². The van der Waals surface area contributed by atoms with E-state index in [1.807, 2.05) is 6.92 Å². The molecule has 1 atom stereocenters. The van der Waals surface area contributed by atoms with Gasteiger partial charge in [0.15, 0.2) is 0 Å². The molecule has 5 nitrogen and oxygen atoms in total. The molecule has 1 aliphatic heterocycles. The Morgan fingerprint density at radius 2 is 2.21 bits per heavy atom. The number of carboxylic acids is 1. The number of hydrazone groups is 1. The predicted octanol–water partition coefficient (Wildman–Crippen LogP) is 2.79. The minimum atomic E-state index is -1.13. The summed E-state index contributed by atoms with van der Waals surface area (Å²) in [4.78, 5) is 23.2. The van der Waals surface area contributed by atoms with Gasteiger partial charge in [0.1, 0.15) is 0 Å². The fourth-order valence-corrected chi connectivity index (χ4v) is 2.27. The minimum Gasteiger partial charge on any atom is -0.478 e. The lowest BCUT2D eigenvalue weighted by atomic mass is 10.0. The highest BCUT2D eigenvalue weighted by Crippen LogP contribution is 2.28. The van der Waals surface area contributed by atoms with Gasteiger partial charge in [-0.2, -0.15) is 5.10 Å². The maximum Gasteiger partial charge on any atom is 0.337 e. The number of carbonyl (C=O) groups is 2. The summed E-state index contributed by atoms with van der Waals surface area (Å²) in [5.41, 5.74) is 1.11. The molecule has 0 aromatic heterocycles. The number of hydrogen-bond donors (Lipinski definition) is 1. The van der Waals surface area contributed by atoms with Gasteiger partial charge in [0.2, 0.25) is 0 Å². The maximum atomic E-state index is 12.1. The molecule has 1 aliphatic rings. The third kappa shape index (κ3) is 2.33. The molecule has 2 rings (SSSR count). The smallest absolute Gasteiger partial charge is 0.337 e. The Morgan fingerprint density at radius 1 is 1.53 bits per heavy atom. The van der Waals surface area contributed by atoms with Gasteiger partial charge in [-0.15, -0.1) is 0 Å². The van der Waals surface area contributed by atoms with Crippen LogP contribution in [0.4, 0.5) is 5.69 Å². The van der Waals surface area contributed by atoms with E-state index < -0.39 is 5.97 Å². The van der Waals surface area contributed by atoms with Gasteiger partial charge in [-0.1, -0.05) is 18.5 Å². The molecule has 19 heavy (non-hydrogen) atoms. The lowest BCUT2D eigenvalue weighted by Crippen LogP contribution is -2.26. The molecule has 100 valence electrons. The van der Waals surface area contributed by atoms with Crippen molar-refractivity contribution in [3.8, 4) is 0 Å². The summed E-state index contributed by atoms with van der Waals surface area (Å²) >= 11 is 5.80. The highest BCUT2D eigenvalue weighted by atomic mass is 35.5. The monoisotopic (exact) mass is 280 g/mol. The first-order valence-electron chi connectivity index (χ1n) is 5.87. The average Bonchev–Trinajstić information content (AvgIpc) is 2.64. The molecule has 0 fully saturated rings. The van der Waals surface area contributed by atoms with Crippen LogP contribution in [0.1, 0.15) is 30.6 Å². The van der Waals surface area contributed by atoms with E-state index in [1.165, 1.54) is 17.1 Å². The van der Waals surface area contributed by atoms with Crippen LogP contribution in [-0.4, -0.2) is 22.7 Å². The van der Waals surface area contributed by atoms with Gasteiger partial charge in [0, 0.05) is 5.71 Å². The van der Waals surface area contributed by atoms with Gasteiger partial charge in [-0.05, 0) is 31.5 Å². The van der Waals surface area contributed by atoms with E-state index in [1.54, 1.807) is 13.0 Å². The third-order valence-corrected chi connectivity index (χ3v) is 3.43. The SMILES string of the molecule is CCC1C(=O)N(c2ccc(Cl)c(C(=O)O)c2)N=C1C. The van der Waals surface area contributed by atoms with Crippen LogP contribution in [0.2, 0.25) is 5.02 Å². The second-order valence-electron chi connectivity index (χ2n) is 4.32.